The lowest BCUT2D eigenvalue weighted by atomic mass is 9.94. The third-order valence-electron chi connectivity index (χ3n) is 4.31. The van der Waals surface area contributed by atoms with E-state index in [0.29, 0.717) is 6.04 Å². The van der Waals surface area contributed by atoms with Gasteiger partial charge in [0.2, 0.25) is 0 Å². The van der Waals surface area contributed by atoms with Gasteiger partial charge >= 0.3 is 0 Å². The largest absolute Gasteiger partial charge is 0.312 e. The van der Waals surface area contributed by atoms with Crippen molar-refractivity contribution in [1.29, 1.82) is 0 Å². The average molecular weight is 266 g/mol. The predicted octanol–water partition coefficient (Wildman–Crippen LogP) is 2.81. The molecule has 0 aromatic heterocycles. The molecule has 0 spiro atoms. The van der Waals surface area contributed by atoms with E-state index in [-0.39, 0.29) is 5.56 Å². The first-order valence-corrected chi connectivity index (χ1v) is 7.05. The maximum Gasteiger partial charge on any atom is 0.263 e. The number of hydrogen-bond donors (Lipinski definition) is 1. The van der Waals surface area contributed by atoms with Gasteiger partial charge in [-0.25, -0.2) is 8.78 Å². The van der Waals surface area contributed by atoms with Gasteiger partial charge in [-0.2, -0.15) is 0 Å². The quantitative estimate of drug-likeness (QED) is 0.905. The van der Waals surface area contributed by atoms with Crippen molar-refractivity contribution in [2.75, 3.05) is 19.6 Å². The van der Waals surface area contributed by atoms with Crippen molar-refractivity contribution in [3.63, 3.8) is 0 Å². The van der Waals surface area contributed by atoms with Crippen LogP contribution in [0.15, 0.2) is 24.3 Å². The Hall–Kier alpha value is -1.00. The highest BCUT2D eigenvalue weighted by atomic mass is 19.3. The van der Waals surface area contributed by atoms with Crippen molar-refractivity contribution >= 4 is 0 Å². The lowest BCUT2D eigenvalue weighted by Crippen LogP contribution is -2.40. The van der Waals surface area contributed by atoms with Crippen molar-refractivity contribution in [2.45, 2.75) is 31.9 Å². The third-order valence-corrected chi connectivity index (χ3v) is 4.31. The number of fused-ring (bicyclic) bond motifs is 1. The molecule has 4 heteroatoms. The first-order chi connectivity index (χ1) is 9.22. The second kappa shape index (κ2) is 5.55. The minimum Gasteiger partial charge on any atom is -0.312 e. The molecule has 1 aromatic carbocycles. The molecule has 0 unspecified atom stereocenters. The van der Waals surface area contributed by atoms with Gasteiger partial charge in [-0.05, 0) is 30.9 Å². The number of benzene rings is 1. The Kier molecular flexibility index (Phi) is 3.80. The Morgan fingerprint density at radius 3 is 2.68 bits per heavy atom. The van der Waals surface area contributed by atoms with Gasteiger partial charge in [-0.1, -0.05) is 24.3 Å². The summed E-state index contributed by atoms with van der Waals surface area (Å²) in [5.41, 5.74) is 1.24. The molecule has 2 saturated heterocycles. The minimum absolute atomic E-state index is 0.112. The molecule has 2 nitrogen and oxygen atoms in total. The van der Waals surface area contributed by atoms with Crippen LogP contribution in [-0.2, 0) is 6.54 Å². The second-order valence-electron chi connectivity index (χ2n) is 5.70. The standard InChI is InChI=1S/C15H20F2N2/c16-15(17)12-5-3-11(4-6-12)8-19-9-13-2-1-7-18-14(13)10-19/h3-6,13-15,18H,1-2,7-10H2/t13-,14+/m0/s1. The molecular formula is C15H20F2N2. The molecule has 2 fully saturated rings. The number of nitrogens with zero attached hydrogens (tertiary/aromatic N) is 1. The molecular weight excluding hydrogens is 246 g/mol. The molecule has 1 aromatic rings. The van der Waals surface area contributed by atoms with Crippen molar-refractivity contribution in [3.05, 3.63) is 35.4 Å². The van der Waals surface area contributed by atoms with E-state index >= 15 is 0 Å². The maximum atomic E-state index is 12.5. The summed E-state index contributed by atoms with van der Waals surface area (Å²) in [6.07, 6.45) is 0.226. The van der Waals surface area contributed by atoms with Crippen molar-refractivity contribution in [2.24, 2.45) is 5.92 Å². The van der Waals surface area contributed by atoms with Crippen LogP contribution >= 0.6 is 0 Å². The first-order valence-electron chi connectivity index (χ1n) is 7.05. The zero-order chi connectivity index (χ0) is 13.2. The Morgan fingerprint density at radius 1 is 1.21 bits per heavy atom. The first kappa shape index (κ1) is 13.0. The highest BCUT2D eigenvalue weighted by Gasteiger charge is 2.33. The summed E-state index contributed by atoms with van der Waals surface area (Å²) in [6, 6.07) is 7.38. The Morgan fingerprint density at radius 2 is 2.00 bits per heavy atom. The van der Waals surface area contributed by atoms with Crippen LogP contribution < -0.4 is 5.32 Å². The van der Waals surface area contributed by atoms with Gasteiger partial charge in [0.25, 0.3) is 6.43 Å². The SMILES string of the molecule is FC(F)c1ccc(CN2C[C@@H]3CCCN[C@@H]3C2)cc1. The fourth-order valence-corrected chi connectivity index (χ4v) is 3.29. The van der Waals surface area contributed by atoms with Crippen LogP contribution in [0.2, 0.25) is 0 Å². The number of rotatable bonds is 3. The van der Waals surface area contributed by atoms with E-state index in [9.17, 15) is 8.78 Å². The number of hydrogen-bond acceptors (Lipinski definition) is 2. The van der Waals surface area contributed by atoms with E-state index in [1.807, 2.05) is 12.1 Å². The highest BCUT2D eigenvalue weighted by Crippen LogP contribution is 2.26. The summed E-state index contributed by atoms with van der Waals surface area (Å²) in [4.78, 5) is 2.44. The highest BCUT2D eigenvalue weighted by molar-refractivity contribution is 5.23. The molecule has 0 aliphatic carbocycles. The van der Waals surface area contributed by atoms with E-state index in [1.54, 1.807) is 12.1 Å². The van der Waals surface area contributed by atoms with Gasteiger partial charge in [0.05, 0.1) is 0 Å². The van der Waals surface area contributed by atoms with E-state index in [1.165, 1.54) is 12.8 Å². The summed E-state index contributed by atoms with van der Waals surface area (Å²) in [5, 5.41) is 3.58. The molecule has 0 bridgehead atoms. The van der Waals surface area contributed by atoms with E-state index < -0.39 is 6.43 Å². The molecule has 104 valence electrons. The molecule has 2 atom stereocenters. The summed E-state index contributed by atoms with van der Waals surface area (Å²) in [7, 11) is 0. The van der Waals surface area contributed by atoms with Crippen molar-refractivity contribution in [3.8, 4) is 0 Å². The van der Waals surface area contributed by atoms with E-state index in [0.717, 1.165) is 37.7 Å². The molecule has 2 aliphatic rings. The summed E-state index contributed by atoms with van der Waals surface area (Å²) in [5.74, 6) is 0.772. The van der Waals surface area contributed by atoms with Gasteiger partial charge in [-0.15, -0.1) is 0 Å². The molecule has 0 saturated carbocycles. The van der Waals surface area contributed by atoms with Crippen LogP contribution in [0.5, 0.6) is 0 Å². The normalized spacial score (nSPS) is 27.7. The summed E-state index contributed by atoms with van der Waals surface area (Å²) >= 11 is 0. The number of halogens is 2. The molecule has 2 aliphatic heterocycles. The lowest BCUT2D eigenvalue weighted by molar-refractivity contribution is 0.151. The number of likely N-dealkylation sites (tertiary alicyclic amines) is 1. The monoisotopic (exact) mass is 266 g/mol. The topological polar surface area (TPSA) is 15.3 Å². The van der Waals surface area contributed by atoms with Gasteiger partial charge in [0, 0.05) is 31.2 Å². The van der Waals surface area contributed by atoms with E-state index in [2.05, 4.69) is 10.2 Å². The summed E-state index contributed by atoms with van der Waals surface area (Å²) in [6.45, 7) is 4.23. The van der Waals surface area contributed by atoms with Crippen molar-refractivity contribution in [1.82, 2.24) is 10.2 Å². The molecule has 3 rings (SSSR count). The molecule has 0 amide bonds. The number of alkyl halides is 2. The predicted molar refractivity (Wildman–Crippen MR) is 71.2 cm³/mol. The second-order valence-corrected chi connectivity index (χ2v) is 5.70. The summed E-state index contributed by atoms with van der Waals surface area (Å²) < 4.78 is 25.0. The lowest BCUT2D eigenvalue weighted by Gasteiger charge is -2.24. The minimum atomic E-state index is -2.37. The Bertz CT molecular complexity index is 405. The maximum absolute atomic E-state index is 12.5. The molecule has 1 N–H and O–H groups in total. The number of nitrogens with one attached hydrogen (secondary N) is 1. The number of piperidine rings is 1. The zero-order valence-corrected chi connectivity index (χ0v) is 11.0. The Balaban J connectivity index is 1.59. The van der Waals surface area contributed by atoms with Gasteiger partial charge in [-0.3, -0.25) is 4.90 Å². The fraction of sp³-hybridized carbons (Fsp3) is 0.600. The fourth-order valence-electron chi connectivity index (χ4n) is 3.29. The molecule has 19 heavy (non-hydrogen) atoms. The van der Waals surface area contributed by atoms with E-state index in [4.69, 9.17) is 0 Å². The van der Waals surface area contributed by atoms with Crippen LogP contribution in [-0.4, -0.2) is 30.6 Å². The van der Waals surface area contributed by atoms with Gasteiger partial charge in [0.1, 0.15) is 0 Å². The van der Waals surface area contributed by atoms with Crippen molar-refractivity contribution < 1.29 is 8.78 Å². The van der Waals surface area contributed by atoms with Gasteiger partial charge < -0.3 is 5.32 Å². The van der Waals surface area contributed by atoms with Crippen LogP contribution in [0.25, 0.3) is 0 Å². The van der Waals surface area contributed by atoms with Crippen LogP contribution in [0.1, 0.15) is 30.4 Å². The smallest absolute Gasteiger partial charge is 0.263 e. The Labute approximate surface area is 112 Å². The van der Waals surface area contributed by atoms with Crippen LogP contribution in [0.4, 0.5) is 8.78 Å². The van der Waals surface area contributed by atoms with Crippen LogP contribution in [0, 0.1) is 5.92 Å². The third kappa shape index (κ3) is 2.95. The van der Waals surface area contributed by atoms with Gasteiger partial charge in [0.15, 0.2) is 0 Å². The molecule has 2 heterocycles. The zero-order valence-electron chi connectivity index (χ0n) is 11.0. The average Bonchev–Trinajstić information content (AvgIpc) is 2.81. The van der Waals surface area contributed by atoms with Crippen LogP contribution in [0.3, 0.4) is 0 Å². The molecule has 0 radical (unpaired) electrons.